The standard InChI is InChI=1S/C20H21Cl2N3O2/c1-27-14(11-23-10-13-6-7-16(21)17(22)8-13)12-24-20-9-19(26)15-4-2-3-5-18(15)25-20/h2-9,14,23H,10-12H2,1H3,(H2,24,25,26)/t14-/m0/s1. The Morgan fingerprint density at radius 2 is 1.89 bits per heavy atom. The molecule has 1 atom stereocenters. The molecule has 0 saturated carbocycles. The highest BCUT2D eigenvalue weighted by atomic mass is 35.5. The zero-order valence-corrected chi connectivity index (χ0v) is 16.4. The van der Waals surface area contributed by atoms with Crippen molar-refractivity contribution >= 4 is 39.9 Å². The van der Waals surface area contributed by atoms with Crippen LogP contribution in [0.3, 0.4) is 0 Å². The molecule has 3 aromatic rings. The minimum absolute atomic E-state index is 0.0152. The van der Waals surface area contributed by atoms with Crippen LogP contribution in [0.1, 0.15) is 5.56 Å². The lowest BCUT2D eigenvalue weighted by molar-refractivity contribution is 0.112. The minimum atomic E-state index is -0.0669. The highest BCUT2D eigenvalue weighted by Gasteiger charge is 2.09. The van der Waals surface area contributed by atoms with Crippen molar-refractivity contribution in [2.75, 3.05) is 25.5 Å². The average Bonchev–Trinajstić information content (AvgIpc) is 2.67. The fraction of sp³-hybridized carbons (Fsp3) is 0.250. The molecule has 0 spiro atoms. The Morgan fingerprint density at radius 3 is 2.67 bits per heavy atom. The summed E-state index contributed by atoms with van der Waals surface area (Å²) in [6, 6.07) is 14.6. The monoisotopic (exact) mass is 405 g/mol. The van der Waals surface area contributed by atoms with Crippen molar-refractivity contribution in [3.05, 3.63) is 74.4 Å². The summed E-state index contributed by atoms with van der Waals surface area (Å²) < 4.78 is 5.51. The number of para-hydroxylation sites is 1. The van der Waals surface area contributed by atoms with E-state index in [0.717, 1.165) is 11.1 Å². The molecule has 3 rings (SSSR count). The van der Waals surface area contributed by atoms with E-state index in [-0.39, 0.29) is 11.5 Å². The summed E-state index contributed by atoms with van der Waals surface area (Å²) in [6.07, 6.45) is -0.0669. The van der Waals surface area contributed by atoms with E-state index in [1.54, 1.807) is 19.2 Å². The minimum Gasteiger partial charge on any atom is -0.378 e. The molecule has 2 aromatic carbocycles. The van der Waals surface area contributed by atoms with Gasteiger partial charge in [0.05, 0.1) is 21.7 Å². The van der Waals surface area contributed by atoms with Gasteiger partial charge in [0.25, 0.3) is 0 Å². The first-order valence-electron chi connectivity index (χ1n) is 8.60. The number of methoxy groups -OCH3 is 1. The quantitative estimate of drug-likeness (QED) is 0.528. The Balaban J connectivity index is 1.54. The number of fused-ring (bicyclic) bond motifs is 1. The lowest BCUT2D eigenvalue weighted by Crippen LogP contribution is -2.33. The summed E-state index contributed by atoms with van der Waals surface area (Å²) in [5.74, 6) is 0.672. The SMILES string of the molecule is CO[C@@H](CNCc1ccc(Cl)c(Cl)c1)CNc1cc(=O)c2ccccc2[nH]1. The van der Waals surface area contributed by atoms with Gasteiger partial charge < -0.3 is 20.4 Å². The van der Waals surface area contributed by atoms with Crippen molar-refractivity contribution in [1.82, 2.24) is 10.3 Å². The maximum Gasteiger partial charge on any atom is 0.191 e. The molecule has 0 fully saturated rings. The van der Waals surface area contributed by atoms with Crippen LogP contribution >= 0.6 is 23.2 Å². The van der Waals surface area contributed by atoms with Gasteiger partial charge in [-0.2, -0.15) is 0 Å². The molecule has 0 aliphatic rings. The normalized spacial score (nSPS) is 12.3. The topological polar surface area (TPSA) is 66.2 Å². The van der Waals surface area contributed by atoms with Crippen LogP contribution in [0.25, 0.3) is 10.9 Å². The first-order chi connectivity index (χ1) is 13.1. The Bertz CT molecular complexity index is 975. The van der Waals surface area contributed by atoms with Crippen molar-refractivity contribution in [1.29, 1.82) is 0 Å². The molecule has 1 aromatic heterocycles. The third-order valence-electron chi connectivity index (χ3n) is 4.28. The van der Waals surface area contributed by atoms with Gasteiger partial charge in [-0.15, -0.1) is 0 Å². The van der Waals surface area contributed by atoms with E-state index in [2.05, 4.69) is 15.6 Å². The lowest BCUT2D eigenvalue weighted by atomic mass is 10.2. The van der Waals surface area contributed by atoms with E-state index in [1.165, 1.54) is 0 Å². The summed E-state index contributed by atoms with van der Waals surface area (Å²) >= 11 is 12.0. The van der Waals surface area contributed by atoms with Crippen LogP contribution in [0.4, 0.5) is 5.82 Å². The van der Waals surface area contributed by atoms with Crippen molar-refractivity contribution in [3.63, 3.8) is 0 Å². The number of anilines is 1. The van der Waals surface area contributed by atoms with Gasteiger partial charge >= 0.3 is 0 Å². The molecule has 3 N–H and O–H groups in total. The molecule has 5 nitrogen and oxygen atoms in total. The summed E-state index contributed by atoms with van der Waals surface area (Å²) in [5.41, 5.74) is 1.84. The smallest absolute Gasteiger partial charge is 0.191 e. The molecule has 27 heavy (non-hydrogen) atoms. The van der Waals surface area contributed by atoms with Crippen LogP contribution in [0.5, 0.6) is 0 Å². The number of pyridine rings is 1. The summed E-state index contributed by atoms with van der Waals surface area (Å²) in [5, 5.41) is 8.34. The van der Waals surface area contributed by atoms with Gasteiger partial charge in [-0.05, 0) is 29.8 Å². The third-order valence-corrected chi connectivity index (χ3v) is 5.01. The number of nitrogens with one attached hydrogen (secondary N) is 3. The largest absolute Gasteiger partial charge is 0.378 e. The van der Waals surface area contributed by atoms with Crippen LogP contribution in [-0.2, 0) is 11.3 Å². The van der Waals surface area contributed by atoms with E-state index >= 15 is 0 Å². The number of benzene rings is 2. The molecule has 0 bridgehead atoms. The molecule has 0 amide bonds. The second-order valence-electron chi connectivity index (χ2n) is 6.21. The number of ether oxygens (including phenoxy) is 1. The predicted octanol–water partition coefficient (Wildman–Crippen LogP) is 4.05. The Labute approximate surface area is 167 Å². The number of aromatic nitrogens is 1. The second-order valence-corrected chi connectivity index (χ2v) is 7.03. The zero-order chi connectivity index (χ0) is 19.2. The van der Waals surface area contributed by atoms with Gasteiger partial charge in [-0.3, -0.25) is 4.79 Å². The molecule has 0 saturated heterocycles. The second kappa shape index (κ2) is 9.24. The summed E-state index contributed by atoms with van der Waals surface area (Å²) in [4.78, 5) is 15.4. The Morgan fingerprint density at radius 1 is 1.07 bits per heavy atom. The highest BCUT2D eigenvalue weighted by Crippen LogP contribution is 2.22. The first kappa shape index (κ1) is 19.7. The molecular formula is C20H21Cl2N3O2. The van der Waals surface area contributed by atoms with Gasteiger partial charge in [0, 0.05) is 38.2 Å². The number of halogens is 2. The van der Waals surface area contributed by atoms with E-state index in [1.807, 2.05) is 36.4 Å². The van der Waals surface area contributed by atoms with Crippen molar-refractivity contribution in [2.24, 2.45) is 0 Å². The fourth-order valence-corrected chi connectivity index (χ4v) is 3.10. The highest BCUT2D eigenvalue weighted by molar-refractivity contribution is 6.42. The number of hydrogen-bond acceptors (Lipinski definition) is 4. The summed E-state index contributed by atoms with van der Waals surface area (Å²) in [6.45, 7) is 1.85. The predicted molar refractivity (Wildman–Crippen MR) is 112 cm³/mol. The Hall–Kier alpha value is -2.05. The van der Waals surface area contributed by atoms with Gasteiger partial charge in [-0.1, -0.05) is 41.4 Å². The molecule has 0 radical (unpaired) electrons. The van der Waals surface area contributed by atoms with Crippen molar-refractivity contribution < 1.29 is 4.74 Å². The number of hydrogen-bond donors (Lipinski definition) is 3. The van der Waals surface area contributed by atoms with E-state index in [9.17, 15) is 4.79 Å². The molecule has 0 aliphatic heterocycles. The van der Waals surface area contributed by atoms with E-state index < -0.39 is 0 Å². The van der Waals surface area contributed by atoms with Crippen LogP contribution in [0.2, 0.25) is 10.0 Å². The van der Waals surface area contributed by atoms with Crippen molar-refractivity contribution in [3.8, 4) is 0 Å². The first-order valence-corrected chi connectivity index (χ1v) is 9.36. The number of aromatic amines is 1. The molecule has 0 unspecified atom stereocenters. The van der Waals surface area contributed by atoms with E-state index in [0.29, 0.717) is 40.9 Å². The Kier molecular flexibility index (Phi) is 6.74. The van der Waals surface area contributed by atoms with Crippen LogP contribution in [-0.4, -0.2) is 31.3 Å². The average molecular weight is 406 g/mol. The lowest BCUT2D eigenvalue weighted by Gasteiger charge is -2.18. The van der Waals surface area contributed by atoms with Crippen molar-refractivity contribution in [2.45, 2.75) is 12.6 Å². The summed E-state index contributed by atoms with van der Waals surface area (Å²) in [7, 11) is 1.66. The molecule has 142 valence electrons. The van der Waals surface area contributed by atoms with Gasteiger partial charge in [0.2, 0.25) is 0 Å². The molecular weight excluding hydrogens is 385 g/mol. The van der Waals surface area contributed by atoms with Crippen LogP contribution in [0.15, 0.2) is 53.3 Å². The third kappa shape index (κ3) is 5.23. The zero-order valence-electron chi connectivity index (χ0n) is 14.9. The fourth-order valence-electron chi connectivity index (χ4n) is 2.78. The van der Waals surface area contributed by atoms with E-state index in [4.69, 9.17) is 27.9 Å². The molecule has 7 heteroatoms. The van der Waals surface area contributed by atoms with Gasteiger partial charge in [0.15, 0.2) is 5.43 Å². The number of H-pyrrole nitrogens is 1. The van der Waals surface area contributed by atoms with Gasteiger partial charge in [0.1, 0.15) is 5.82 Å². The van der Waals surface area contributed by atoms with Gasteiger partial charge in [-0.25, -0.2) is 0 Å². The van der Waals surface area contributed by atoms with Crippen LogP contribution < -0.4 is 16.1 Å². The molecule has 0 aliphatic carbocycles. The maximum absolute atomic E-state index is 12.2. The molecule has 1 heterocycles. The van der Waals surface area contributed by atoms with Crippen LogP contribution in [0, 0.1) is 0 Å². The number of rotatable bonds is 8. The maximum atomic E-state index is 12.2.